The van der Waals surface area contributed by atoms with Crippen molar-refractivity contribution in [3.8, 4) is 0 Å². The molecule has 35 heavy (non-hydrogen) atoms. The summed E-state index contributed by atoms with van der Waals surface area (Å²) >= 11 is 0. The summed E-state index contributed by atoms with van der Waals surface area (Å²) in [5, 5.41) is 4.27. The summed E-state index contributed by atoms with van der Waals surface area (Å²) in [7, 11) is 0. The van der Waals surface area contributed by atoms with Gasteiger partial charge in [-0.2, -0.15) is 10.1 Å². The first kappa shape index (κ1) is 27.7. The Morgan fingerprint density at radius 2 is 0.771 bits per heavy atom. The van der Waals surface area contributed by atoms with Crippen molar-refractivity contribution in [1.82, 2.24) is 10.1 Å². The number of rotatable bonds is 4. The zero-order valence-electron chi connectivity index (χ0n) is 23.9. The molecule has 8 nitrogen and oxygen atoms in total. The Morgan fingerprint density at radius 3 is 1.00 bits per heavy atom. The van der Waals surface area contributed by atoms with Crippen LogP contribution in [-0.4, -0.2) is 83.5 Å². The maximum absolute atomic E-state index is 6.61. The van der Waals surface area contributed by atoms with Gasteiger partial charge in [-0.1, -0.05) is 0 Å². The van der Waals surface area contributed by atoms with Crippen molar-refractivity contribution in [3.63, 3.8) is 0 Å². The highest BCUT2D eigenvalue weighted by molar-refractivity contribution is 5.05. The zero-order valence-corrected chi connectivity index (χ0v) is 23.9. The van der Waals surface area contributed by atoms with Crippen molar-refractivity contribution in [3.05, 3.63) is 0 Å². The summed E-state index contributed by atoms with van der Waals surface area (Å²) in [6, 6.07) is 0. The molecular weight excluding hydrogens is 448 g/mol. The molecule has 0 amide bonds. The van der Waals surface area contributed by atoms with E-state index in [4.69, 9.17) is 28.6 Å². The lowest BCUT2D eigenvalue weighted by atomic mass is 9.75. The van der Waals surface area contributed by atoms with E-state index in [1.165, 1.54) is 0 Å². The molecule has 4 fully saturated rings. The fraction of sp³-hybridized carbons (Fsp3) is 1.00. The minimum absolute atomic E-state index is 0.211. The van der Waals surface area contributed by atoms with Crippen LogP contribution in [0.3, 0.4) is 0 Å². The van der Waals surface area contributed by atoms with Crippen molar-refractivity contribution >= 4 is 0 Å². The molecule has 0 aromatic rings. The maximum Gasteiger partial charge on any atom is 0.172 e. The smallest absolute Gasteiger partial charge is 0.172 e. The van der Waals surface area contributed by atoms with E-state index in [1.54, 1.807) is 0 Å². The van der Waals surface area contributed by atoms with Gasteiger partial charge < -0.3 is 18.9 Å². The van der Waals surface area contributed by atoms with Crippen LogP contribution >= 0.6 is 0 Å². The predicted octanol–water partition coefficient (Wildman–Crippen LogP) is 4.67. The summed E-state index contributed by atoms with van der Waals surface area (Å²) in [5.74, 6) is -1.23. The fourth-order valence-corrected chi connectivity index (χ4v) is 7.52. The van der Waals surface area contributed by atoms with E-state index in [0.29, 0.717) is 39.6 Å². The highest BCUT2D eigenvalue weighted by Gasteiger charge is 2.61. The van der Waals surface area contributed by atoms with E-state index < -0.39 is 11.6 Å². The van der Waals surface area contributed by atoms with Crippen molar-refractivity contribution in [2.24, 2.45) is 5.41 Å². The number of hydroxylamine groups is 4. The Balaban J connectivity index is 1.42. The van der Waals surface area contributed by atoms with Crippen LogP contribution in [0.25, 0.3) is 0 Å². The first-order valence-corrected chi connectivity index (χ1v) is 13.5. The Kier molecular flexibility index (Phi) is 7.02. The molecule has 4 aliphatic rings. The molecule has 0 N–H and O–H groups in total. The second kappa shape index (κ2) is 8.87. The monoisotopic (exact) mass is 498 g/mol. The fourth-order valence-electron chi connectivity index (χ4n) is 7.52. The van der Waals surface area contributed by atoms with Gasteiger partial charge in [0, 0.05) is 47.8 Å². The van der Waals surface area contributed by atoms with Crippen LogP contribution < -0.4 is 0 Å². The van der Waals surface area contributed by atoms with Crippen molar-refractivity contribution in [2.75, 3.05) is 39.6 Å². The predicted molar refractivity (Wildman–Crippen MR) is 133 cm³/mol. The Morgan fingerprint density at radius 1 is 0.514 bits per heavy atom. The van der Waals surface area contributed by atoms with Gasteiger partial charge in [-0.3, -0.25) is 9.68 Å². The quantitative estimate of drug-likeness (QED) is 0.554. The van der Waals surface area contributed by atoms with E-state index >= 15 is 0 Å². The second-order valence-corrected chi connectivity index (χ2v) is 13.9. The van der Waals surface area contributed by atoms with Crippen LogP contribution in [-0.2, 0) is 28.6 Å². The molecule has 204 valence electrons. The van der Waals surface area contributed by atoms with Crippen molar-refractivity contribution in [2.45, 2.75) is 129 Å². The van der Waals surface area contributed by atoms with Crippen LogP contribution in [0.4, 0.5) is 0 Å². The van der Waals surface area contributed by atoms with Crippen molar-refractivity contribution in [1.29, 1.82) is 0 Å². The van der Waals surface area contributed by atoms with Gasteiger partial charge in [-0.15, -0.1) is 0 Å². The van der Waals surface area contributed by atoms with Gasteiger partial charge in [0.15, 0.2) is 11.6 Å². The molecule has 0 bridgehead atoms. The number of piperidine rings is 2. The van der Waals surface area contributed by atoms with Crippen LogP contribution in [0.2, 0.25) is 0 Å². The lowest BCUT2D eigenvalue weighted by Gasteiger charge is -2.61. The molecular formula is C27H50N2O6. The van der Waals surface area contributed by atoms with Gasteiger partial charge in [0.05, 0.1) is 45.1 Å². The van der Waals surface area contributed by atoms with Crippen LogP contribution in [0.1, 0.15) is 94.9 Å². The molecule has 3 spiro atoms. The molecule has 4 saturated heterocycles. The molecule has 0 saturated carbocycles. The highest BCUT2D eigenvalue weighted by atomic mass is 16.7. The summed E-state index contributed by atoms with van der Waals surface area (Å²) in [5.41, 5.74) is -1.13. The Hall–Kier alpha value is -0.320. The van der Waals surface area contributed by atoms with E-state index in [0.717, 1.165) is 25.7 Å². The number of hydrogen-bond donors (Lipinski definition) is 0. The molecule has 0 atom stereocenters. The van der Waals surface area contributed by atoms with Gasteiger partial charge >= 0.3 is 0 Å². The van der Waals surface area contributed by atoms with Crippen molar-refractivity contribution < 1.29 is 28.6 Å². The third-order valence-electron chi connectivity index (χ3n) is 8.09. The minimum atomic E-state index is -0.617. The first-order chi connectivity index (χ1) is 16.0. The van der Waals surface area contributed by atoms with E-state index in [2.05, 4.69) is 65.5 Å². The minimum Gasteiger partial charge on any atom is -0.349 e. The molecule has 0 aliphatic carbocycles. The molecule has 8 heteroatoms. The average Bonchev–Trinajstić information content (AvgIpc) is 2.71. The molecule has 4 rings (SSSR count). The number of ether oxygens (including phenoxy) is 4. The lowest BCUT2D eigenvalue weighted by molar-refractivity contribution is -0.418. The Bertz CT molecular complexity index is 656. The second-order valence-electron chi connectivity index (χ2n) is 13.9. The zero-order chi connectivity index (χ0) is 26.0. The molecule has 4 heterocycles. The molecule has 0 aromatic carbocycles. The topological polar surface area (TPSA) is 61.9 Å². The standard InChI is InChI=1S/C27H50N2O6/c1-11-34-28-21(3,4)13-26(14-22(28,5)6)30-17-25(18-31-26)19-32-27(33-20-25)15-23(7,8)29(35-12-2)24(9,10)16-27/h11-20H2,1-10H3. The third kappa shape index (κ3) is 5.07. The summed E-state index contributed by atoms with van der Waals surface area (Å²) in [6.07, 6.45) is 3.00. The lowest BCUT2D eigenvalue weighted by Crippen LogP contribution is -2.70. The first-order valence-electron chi connectivity index (χ1n) is 13.5. The summed E-state index contributed by atoms with van der Waals surface area (Å²) in [6.45, 7) is 25.3. The summed E-state index contributed by atoms with van der Waals surface area (Å²) in [4.78, 5) is 12.1. The average molecular weight is 499 g/mol. The van der Waals surface area contributed by atoms with Crippen LogP contribution in [0.15, 0.2) is 0 Å². The largest absolute Gasteiger partial charge is 0.349 e. The van der Waals surface area contributed by atoms with Gasteiger partial charge in [-0.25, -0.2) is 0 Å². The number of hydrogen-bond acceptors (Lipinski definition) is 8. The molecule has 0 radical (unpaired) electrons. The van der Waals surface area contributed by atoms with Crippen LogP contribution in [0.5, 0.6) is 0 Å². The van der Waals surface area contributed by atoms with Gasteiger partial charge in [0.25, 0.3) is 0 Å². The highest BCUT2D eigenvalue weighted by Crippen LogP contribution is 2.52. The molecule has 4 aliphatic heterocycles. The normalized spacial score (nSPS) is 32.7. The Labute approximate surface area is 212 Å². The third-order valence-corrected chi connectivity index (χ3v) is 8.09. The molecule has 0 unspecified atom stereocenters. The van der Waals surface area contributed by atoms with Gasteiger partial charge in [0.2, 0.25) is 0 Å². The van der Waals surface area contributed by atoms with E-state index in [1.807, 2.05) is 13.8 Å². The molecule has 0 aromatic heterocycles. The maximum atomic E-state index is 6.61. The van der Waals surface area contributed by atoms with Gasteiger partial charge in [-0.05, 0) is 69.2 Å². The number of nitrogens with zero attached hydrogens (tertiary/aromatic N) is 2. The summed E-state index contributed by atoms with van der Waals surface area (Å²) < 4.78 is 26.4. The van der Waals surface area contributed by atoms with Gasteiger partial charge in [0.1, 0.15) is 0 Å². The van der Waals surface area contributed by atoms with E-state index in [-0.39, 0.29) is 27.6 Å². The van der Waals surface area contributed by atoms with Crippen LogP contribution in [0, 0.1) is 5.41 Å². The van der Waals surface area contributed by atoms with E-state index in [9.17, 15) is 0 Å². The SMILES string of the molecule is CCON1C(C)(C)CC2(CC1(C)C)OCC1(CO2)COC2(CC(C)(C)N(OCC)C(C)(C)C2)OC1.